The minimum absolute atomic E-state index is 0.0934. The maximum atomic E-state index is 12.0. The van der Waals surface area contributed by atoms with Crippen LogP contribution < -0.4 is 0 Å². The Morgan fingerprint density at radius 2 is 2.04 bits per heavy atom. The van der Waals surface area contributed by atoms with Crippen LogP contribution in [0.25, 0.3) is 5.57 Å². The lowest BCUT2D eigenvalue weighted by Crippen LogP contribution is -2.54. The number of allylic oxidation sites excluding steroid dienone is 3. The first-order valence-corrected chi connectivity index (χ1v) is 10.5. The van der Waals surface area contributed by atoms with Gasteiger partial charge in [-0.2, -0.15) is 0 Å². The summed E-state index contributed by atoms with van der Waals surface area (Å²) in [4.78, 5) is 16.4. The van der Waals surface area contributed by atoms with Gasteiger partial charge in [0.25, 0.3) is 0 Å². The van der Waals surface area contributed by atoms with Gasteiger partial charge in [0.1, 0.15) is 5.78 Å². The largest absolute Gasteiger partial charge is 0.389 e. The molecule has 1 heterocycles. The molecule has 0 spiro atoms. The predicted octanol–water partition coefficient (Wildman–Crippen LogP) is 4.58. The van der Waals surface area contributed by atoms with E-state index in [1.165, 1.54) is 16.7 Å². The van der Waals surface area contributed by atoms with E-state index in [2.05, 4.69) is 37.0 Å². The van der Waals surface area contributed by atoms with Gasteiger partial charge in [0.15, 0.2) is 0 Å². The minimum Gasteiger partial charge on any atom is -0.389 e. The molecule has 1 aromatic rings. The van der Waals surface area contributed by atoms with Crippen LogP contribution in [0.15, 0.2) is 42.3 Å². The Morgan fingerprint density at radius 3 is 2.81 bits per heavy atom. The molecule has 3 nitrogen and oxygen atoms in total. The van der Waals surface area contributed by atoms with Crippen molar-refractivity contribution in [2.45, 2.75) is 58.5 Å². The van der Waals surface area contributed by atoms with E-state index in [4.69, 9.17) is 0 Å². The lowest BCUT2D eigenvalue weighted by atomic mass is 9.46. The fourth-order valence-corrected chi connectivity index (χ4v) is 7.01. The fourth-order valence-electron chi connectivity index (χ4n) is 7.01. The number of nitrogens with zero attached hydrogens (tertiary/aromatic N) is 1. The van der Waals surface area contributed by atoms with Gasteiger partial charge < -0.3 is 5.11 Å². The minimum atomic E-state index is -0.421. The topological polar surface area (TPSA) is 50.2 Å². The molecule has 0 saturated heterocycles. The van der Waals surface area contributed by atoms with Crippen LogP contribution in [0.4, 0.5) is 0 Å². The van der Waals surface area contributed by atoms with E-state index in [1.54, 1.807) is 0 Å². The van der Waals surface area contributed by atoms with Gasteiger partial charge in [0.05, 0.1) is 6.10 Å². The van der Waals surface area contributed by atoms with Crippen molar-refractivity contribution in [3.8, 4) is 0 Å². The van der Waals surface area contributed by atoms with Crippen LogP contribution >= 0.6 is 0 Å². The number of hydrogen-bond donors (Lipinski definition) is 1. The fraction of sp³-hybridized carbons (Fsp3) is 0.583. The first-order chi connectivity index (χ1) is 12.9. The van der Waals surface area contributed by atoms with Gasteiger partial charge in [0.2, 0.25) is 0 Å². The van der Waals surface area contributed by atoms with Crippen LogP contribution in [0.1, 0.15) is 57.9 Å². The highest BCUT2D eigenvalue weighted by Crippen LogP contribution is 2.66. The van der Waals surface area contributed by atoms with Crippen molar-refractivity contribution < 1.29 is 9.90 Å². The molecule has 1 aromatic heterocycles. The molecule has 0 aromatic carbocycles. The molecule has 0 bridgehead atoms. The second-order valence-corrected chi connectivity index (χ2v) is 9.66. The number of pyridine rings is 1. The highest BCUT2D eigenvalue weighted by atomic mass is 16.3. The maximum Gasteiger partial charge on any atom is 0.136 e. The van der Waals surface area contributed by atoms with E-state index in [-0.39, 0.29) is 16.7 Å². The van der Waals surface area contributed by atoms with Gasteiger partial charge in [-0.25, -0.2) is 0 Å². The number of carbonyl (C=O) groups excluding carboxylic acids is 1. The highest BCUT2D eigenvalue weighted by molar-refractivity contribution is 5.82. The lowest BCUT2D eigenvalue weighted by Gasteiger charge is -2.58. The van der Waals surface area contributed by atoms with Gasteiger partial charge in [-0.15, -0.1) is 0 Å². The van der Waals surface area contributed by atoms with Crippen molar-refractivity contribution >= 4 is 11.4 Å². The average Bonchev–Trinajstić information content (AvgIpc) is 3.01. The molecule has 0 radical (unpaired) electrons. The Labute approximate surface area is 161 Å². The number of ketones is 1. The number of rotatable bonds is 1. The number of aliphatic hydroxyl groups excluding tert-OH is 1. The Hall–Kier alpha value is -1.74. The summed E-state index contributed by atoms with van der Waals surface area (Å²) in [6.07, 6.45) is 13.4. The first-order valence-electron chi connectivity index (χ1n) is 10.5. The van der Waals surface area contributed by atoms with E-state index < -0.39 is 6.10 Å². The summed E-state index contributed by atoms with van der Waals surface area (Å²) >= 11 is 0. The maximum absolute atomic E-state index is 12.0. The Bertz CT molecular complexity index is 841. The second-order valence-electron chi connectivity index (χ2n) is 9.66. The van der Waals surface area contributed by atoms with Crippen LogP contribution in [-0.4, -0.2) is 22.0 Å². The molecule has 5 rings (SSSR count). The molecular weight excluding hydrogens is 334 g/mol. The summed E-state index contributed by atoms with van der Waals surface area (Å²) in [6, 6.07) is 4.19. The Morgan fingerprint density at radius 1 is 1.19 bits per heavy atom. The molecule has 3 heteroatoms. The van der Waals surface area contributed by atoms with Crippen LogP contribution in [0, 0.1) is 28.6 Å². The number of fused-ring (bicyclic) bond motifs is 5. The van der Waals surface area contributed by atoms with Gasteiger partial charge in [-0.1, -0.05) is 37.6 Å². The third-order valence-electron chi connectivity index (χ3n) is 8.52. The molecular formula is C24H29NO2. The lowest BCUT2D eigenvalue weighted by molar-refractivity contribution is -0.123. The zero-order valence-electron chi connectivity index (χ0n) is 16.3. The molecule has 4 aliphatic rings. The molecule has 6 atom stereocenters. The number of Topliss-reactive ketones (excluding diaryl/α,β-unsaturated/α-hetero) is 1. The van der Waals surface area contributed by atoms with E-state index in [0.717, 1.165) is 25.7 Å². The molecule has 2 fully saturated rings. The quantitative estimate of drug-likeness (QED) is 0.743. The molecule has 4 aliphatic carbocycles. The molecule has 142 valence electrons. The number of aromatic nitrogens is 1. The summed E-state index contributed by atoms with van der Waals surface area (Å²) in [6.45, 7) is 4.76. The van der Waals surface area contributed by atoms with Gasteiger partial charge >= 0.3 is 0 Å². The summed E-state index contributed by atoms with van der Waals surface area (Å²) in [7, 11) is 0. The first kappa shape index (κ1) is 17.4. The molecule has 0 aliphatic heterocycles. The van der Waals surface area contributed by atoms with Crippen LogP contribution in [0.2, 0.25) is 0 Å². The van der Waals surface area contributed by atoms with E-state index in [9.17, 15) is 9.90 Å². The SMILES string of the molecule is C[C@]12CCC(=O)CC1=CC(O)[C@@H]1[C@H]2CC[C@]2(C)C(c3cccnc3)=CC[C@@H]12. The van der Waals surface area contributed by atoms with Crippen LogP contribution in [-0.2, 0) is 4.79 Å². The van der Waals surface area contributed by atoms with E-state index in [1.807, 2.05) is 18.5 Å². The van der Waals surface area contributed by atoms with Crippen LogP contribution in [0.3, 0.4) is 0 Å². The highest BCUT2D eigenvalue weighted by Gasteiger charge is 2.59. The van der Waals surface area contributed by atoms with Crippen molar-refractivity contribution in [1.82, 2.24) is 4.98 Å². The monoisotopic (exact) mass is 363 g/mol. The van der Waals surface area contributed by atoms with Gasteiger partial charge in [-0.05, 0) is 71.5 Å². The standard InChI is InChI=1S/C24H29NO2/c1-23-9-7-17(26)12-16(23)13-21(27)22-19-6-5-18(15-4-3-11-25-14-15)24(19,2)10-8-20(22)23/h3-5,11,13-14,19-22,27H,6-10,12H2,1-2H3/t19-,20+,21?,22-,23-,24+/m0/s1. The van der Waals surface area contributed by atoms with Crippen LogP contribution in [0.5, 0.6) is 0 Å². The summed E-state index contributed by atoms with van der Waals surface area (Å²) in [5, 5.41) is 11.1. The molecule has 1 N–H and O–H groups in total. The third-order valence-corrected chi connectivity index (χ3v) is 8.52. The number of hydrogen-bond acceptors (Lipinski definition) is 3. The Kier molecular flexibility index (Phi) is 3.78. The van der Waals surface area contributed by atoms with E-state index >= 15 is 0 Å². The number of aliphatic hydroxyl groups is 1. The zero-order chi connectivity index (χ0) is 18.8. The van der Waals surface area contributed by atoms with Crippen molar-refractivity contribution in [3.63, 3.8) is 0 Å². The van der Waals surface area contributed by atoms with Gasteiger partial charge in [0, 0.05) is 25.2 Å². The summed E-state index contributed by atoms with van der Waals surface area (Å²) in [5.41, 5.74) is 4.07. The summed E-state index contributed by atoms with van der Waals surface area (Å²) in [5.74, 6) is 1.58. The van der Waals surface area contributed by atoms with Crippen molar-refractivity contribution in [3.05, 3.63) is 47.8 Å². The average molecular weight is 364 g/mol. The zero-order valence-corrected chi connectivity index (χ0v) is 16.3. The van der Waals surface area contributed by atoms with Crippen molar-refractivity contribution in [2.75, 3.05) is 0 Å². The van der Waals surface area contributed by atoms with E-state index in [0.29, 0.717) is 30.5 Å². The Balaban J connectivity index is 1.52. The second kappa shape index (κ2) is 5.88. The molecule has 0 amide bonds. The predicted molar refractivity (Wildman–Crippen MR) is 106 cm³/mol. The van der Waals surface area contributed by atoms with Crippen molar-refractivity contribution in [2.24, 2.45) is 28.6 Å². The van der Waals surface area contributed by atoms with Crippen molar-refractivity contribution in [1.29, 1.82) is 0 Å². The smallest absolute Gasteiger partial charge is 0.136 e. The van der Waals surface area contributed by atoms with Gasteiger partial charge in [-0.3, -0.25) is 9.78 Å². The third kappa shape index (κ3) is 2.37. The molecule has 1 unspecified atom stereocenters. The normalized spacial score (nSPS) is 43.3. The molecule has 2 saturated carbocycles. The number of carbonyl (C=O) groups is 1. The molecule has 27 heavy (non-hydrogen) atoms. The summed E-state index contributed by atoms with van der Waals surface area (Å²) < 4.78 is 0.